The summed E-state index contributed by atoms with van der Waals surface area (Å²) < 4.78 is 0. The number of amides is 2. The molecule has 2 amide bonds. The SMILES string of the molecule is CCCNC(=O)[C@H](Cc1ccccc1)N(Cc1ccc(Cl)cc1Cl)C(=O)CSCc1ccc(Cl)cc1. The fraction of sp³-hybridized carbons (Fsp3) is 0.286. The van der Waals surface area contributed by atoms with Gasteiger partial charge in [-0.15, -0.1) is 11.8 Å². The molecule has 0 aromatic heterocycles. The van der Waals surface area contributed by atoms with Crippen molar-refractivity contribution in [3.63, 3.8) is 0 Å². The molecule has 0 aliphatic heterocycles. The van der Waals surface area contributed by atoms with Gasteiger partial charge in [0.2, 0.25) is 11.8 Å². The summed E-state index contributed by atoms with van der Waals surface area (Å²) in [5.74, 6) is 0.568. The second kappa shape index (κ2) is 14.5. The number of nitrogens with zero attached hydrogens (tertiary/aromatic N) is 1. The van der Waals surface area contributed by atoms with Crippen molar-refractivity contribution in [2.24, 2.45) is 0 Å². The third-order valence-electron chi connectivity index (χ3n) is 5.58. The third kappa shape index (κ3) is 8.74. The van der Waals surface area contributed by atoms with Crippen LogP contribution < -0.4 is 5.32 Å². The number of hydrogen-bond acceptors (Lipinski definition) is 3. The molecule has 0 heterocycles. The number of halogens is 3. The highest BCUT2D eigenvalue weighted by molar-refractivity contribution is 7.99. The molecule has 0 aliphatic carbocycles. The Kier molecular flexibility index (Phi) is 11.5. The van der Waals surface area contributed by atoms with E-state index in [-0.39, 0.29) is 24.1 Å². The molecular formula is C28H29Cl3N2O2S. The van der Waals surface area contributed by atoms with Gasteiger partial charge < -0.3 is 10.2 Å². The molecule has 3 aromatic rings. The number of nitrogens with one attached hydrogen (secondary N) is 1. The zero-order valence-corrected chi connectivity index (χ0v) is 23.1. The zero-order valence-electron chi connectivity index (χ0n) is 20.1. The van der Waals surface area contributed by atoms with E-state index in [2.05, 4.69) is 5.32 Å². The van der Waals surface area contributed by atoms with Crippen LogP contribution in [0, 0.1) is 0 Å². The van der Waals surface area contributed by atoms with Crippen molar-refractivity contribution in [2.75, 3.05) is 12.3 Å². The van der Waals surface area contributed by atoms with Crippen LogP contribution in [0.25, 0.3) is 0 Å². The molecule has 0 bridgehead atoms. The summed E-state index contributed by atoms with van der Waals surface area (Å²) in [6, 6.07) is 21.8. The zero-order chi connectivity index (χ0) is 25.9. The second-order valence-corrected chi connectivity index (χ2v) is 10.6. The molecule has 1 atom stereocenters. The van der Waals surface area contributed by atoms with E-state index in [9.17, 15) is 9.59 Å². The average molecular weight is 564 g/mol. The van der Waals surface area contributed by atoms with E-state index in [1.54, 1.807) is 23.1 Å². The Balaban J connectivity index is 1.85. The lowest BCUT2D eigenvalue weighted by molar-refractivity contribution is -0.139. The maximum Gasteiger partial charge on any atom is 0.243 e. The van der Waals surface area contributed by atoms with E-state index >= 15 is 0 Å². The Labute approximate surface area is 232 Å². The molecule has 0 aliphatic rings. The highest BCUT2D eigenvalue weighted by Gasteiger charge is 2.30. The van der Waals surface area contributed by atoms with Crippen LogP contribution in [-0.4, -0.2) is 35.1 Å². The van der Waals surface area contributed by atoms with Gasteiger partial charge in [0.05, 0.1) is 5.75 Å². The standard InChI is InChI=1S/C28H29Cl3N2O2S/c1-2-14-32-28(35)26(15-20-6-4-3-5-7-20)33(17-22-10-13-24(30)16-25(22)31)27(34)19-36-18-21-8-11-23(29)12-9-21/h3-13,16,26H,2,14-15,17-19H2,1H3,(H,32,35)/t26-/m0/s1. The lowest BCUT2D eigenvalue weighted by Crippen LogP contribution is -2.51. The monoisotopic (exact) mass is 562 g/mol. The van der Waals surface area contributed by atoms with Gasteiger partial charge in [0.15, 0.2) is 0 Å². The van der Waals surface area contributed by atoms with Crippen molar-refractivity contribution < 1.29 is 9.59 Å². The van der Waals surface area contributed by atoms with Crippen LogP contribution in [0.3, 0.4) is 0 Å². The molecule has 0 spiro atoms. The fourth-order valence-corrected chi connectivity index (χ4v) is 5.14. The van der Waals surface area contributed by atoms with Crippen molar-refractivity contribution in [2.45, 2.75) is 38.1 Å². The molecule has 3 rings (SSSR count). The van der Waals surface area contributed by atoms with Gasteiger partial charge in [-0.1, -0.05) is 90.3 Å². The molecule has 190 valence electrons. The molecular weight excluding hydrogens is 535 g/mol. The third-order valence-corrected chi connectivity index (χ3v) is 7.41. The molecule has 0 saturated heterocycles. The van der Waals surface area contributed by atoms with Crippen molar-refractivity contribution in [1.82, 2.24) is 10.2 Å². The molecule has 0 fully saturated rings. The van der Waals surface area contributed by atoms with Crippen molar-refractivity contribution in [1.29, 1.82) is 0 Å². The van der Waals surface area contributed by atoms with Crippen LogP contribution >= 0.6 is 46.6 Å². The highest BCUT2D eigenvalue weighted by Crippen LogP contribution is 2.25. The second-order valence-electron chi connectivity index (χ2n) is 8.37. The molecule has 8 heteroatoms. The first-order valence-electron chi connectivity index (χ1n) is 11.7. The smallest absolute Gasteiger partial charge is 0.243 e. The molecule has 3 aromatic carbocycles. The van der Waals surface area contributed by atoms with Crippen molar-refractivity contribution in [3.05, 3.63) is 105 Å². The number of benzene rings is 3. The predicted molar refractivity (Wildman–Crippen MR) is 152 cm³/mol. The summed E-state index contributed by atoms with van der Waals surface area (Å²) in [4.78, 5) is 28.6. The summed E-state index contributed by atoms with van der Waals surface area (Å²) in [5, 5.41) is 4.63. The van der Waals surface area contributed by atoms with Crippen molar-refractivity contribution in [3.8, 4) is 0 Å². The van der Waals surface area contributed by atoms with Crippen LogP contribution in [0.4, 0.5) is 0 Å². The largest absolute Gasteiger partial charge is 0.354 e. The Morgan fingerprint density at radius 2 is 1.61 bits per heavy atom. The van der Waals surface area contributed by atoms with E-state index in [4.69, 9.17) is 34.8 Å². The Bertz CT molecular complexity index is 1140. The predicted octanol–water partition coefficient (Wildman–Crippen LogP) is 7.05. The summed E-state index contributed by atoms with van der Waals surface area (Å²) in [7, 11) is 0. The van der Waals surface area contributed by atoms with E-state index in [0.717, 1.165) is 23.1 Å². The number of carbonyl (C=O) groups is 2. The average Bonchev–Trinajstić information content (AvgIpc) is 2.87. The van der Waals surface area contributed by atoms with E-state index < -0.39 is 6.04 Å². The topological polar surface area (TPSA) is 49.4 Å². The fourth-order valence-electron chi connectivity index (χ4n) is 3.67. The Morgan fingerprint density at radius 1 is 0.917 bits per heavy atom. The molecule has 36 heavy (non-hydrogen) atoms. The van der Waals surface area contributed by atoms with Crippen molar-refractivity contribution >= 4 is 58.4 Å². The minimum absolute atomic E-state index is 0.132. The lowest BCUT2D eigenvalue weighted by Gasteiger charge is -2.32. The molecule has 0 unspecified atom stereocenters. The normalized spacial score (nSPS) is 11.7. The van der Waals surface area contributed by atoms with Gasteiger partial charge in [0.1, 0.15) is 6.04 Å². The van der Waals surface area contributed by atoms with Gasteiger partial charge in [-0.05, 0) is 47.4 Å². The van der Waals surface area contributed by atoms with E-state index in [1.807, 2.05) is 61.5 Å². The molecule has 4 nitrogen and oxygen atoms in total. The molecule has 0 radical (unpaired) electrons. The maximum atomic E-state index is 13.6. The maximum absolute atomic E-state index is 13.6. The Morgan fingerprint density at radius 3 is 2.28 bits per heavy atom. The van der Waals surface area contributed by atoms with Crippen LogP contribution in [0.1, 0.15) is 30.0 Å². The van der Waals surface area contributed by atoms with Crippen LogP contribution in [0.2, 0.25) is 15.1 Å². The van der Waals surface area contributed by atoms with Crippen LogP contribution in [0.15, 0.2) is 72.8 Å². The van der Waals surface area contributed by atoms with Gasteiger partial charge in [0.25, 0.3) is 0 Å². The summed E-state index contributed by atoms with van der Waals surface area (Å²) in [6.07, 6.45) is 1.20. The van der Waals surface area contributed by atoms with Gasteiger partial charge in [0, 0.05) is 40.3 Å². The summed E-state index contributed by atoms with van der Waals surface area (Å²) in [6.45, 7) is 2.74. The number of carbonyl (C=O) groups excluding carboxylic acids is 2. The van der Waals surface area contributed by atoms with Crippen LogP contribution in [-0.2, 0) is 28.3 Å². The van der Waals surface area contributed by atoms with E-state index in [1.165, 1.54) is 11.8 Å². The quantitative estimate of drug-likeness (QED) is 0.257. The number of hydrogen-bond donors (Lipinski definition) is 1. The minimum Gasteiger partial charge on any atom is -0.354 e. The summed E-state index contributed by atoms with van der Waals surface area (Å²) >= 11 is 20.0. The molecule has 1 N–H and O–H groups in total. The minimum atomic E-state index is -0.686. The first kappa shape index (κ1) is 28.4. The molecule has 0 saturated carbocycles. The first-order chi connectivity index (χ1) is 17.4. The lowest BCUT2D eigenvalue weighted by atomic mass is 10.0. The Hall–Kier alpha value is -2.18. The number of rotatable bonds is 12. The van der Waals surface area contributed by atoms with Gasteiger partial charge in [-0.2, -0.15) is 0 Å². The van der Waals surface area contributed by atoms with E-state index in [0.29, 0.717) is 33.8 Å². The van der Waals surface area contributed by atoms with Crippen LogP contribution in [0.5, 0.6) is 0 Å². The summed E-state index contributed by atoms with van der Waals surface area (Å²) in [5.41, 5.74) is 2.78. The highest BCUT2D eigenvalue weighted by atomic mass is 35.5. The van der Waals surface area contributed by atoms with Gasteiger partial charge in [-0.3, -0.25) is 9.59 Å². The first-order valence-corrected chi connectivity index (χ1v) is 14.0. The van der Waals surface area contributed by atoms with Gasteiger partial charge in [-0.25, -0.2) is 0 Å². The van der Waals surface area contributed by atoms with Gasteiger partial charge >= 0.3 is 0 Å². The number of thioether (sulfide) groups is 1.